The Hall–Kier alpha value is -4.32. The Labute approximate surface area is 208 Å². The number of nitrogens with one attached hydrogen (secondary N) is 1. The number of aliphatic carboxylic acids is 1. The Morgan fingerprint density at radius 3 is 1.89 bits per heavy atom. The number of halogens is 2. The van der Waals surface area contributed by atoms with Gasteiger partial charge in [0.1, 0.15) is 11.6 Å². The number of rotatable bonds is 9. The maximum Gasteiger partial charge on any atom is 0.305 e. The van der Waals surface area contributed by atoms with Crippen LogP contribution < -0.4 is 5.32 Å². The second kappa shape index (κ2) is 11.4. The molecule has 0 saturated heterocycles. The van der Waals surface area contributed by atoms with Gasteiger partial charge in [0.25, 0.3) is 5.91 Å². The van der Waals surface area contributed by atoms with E-state index < -0.39 is 5.97 Å². The summed E-state index contributed by atoms with van der Waals surface area (Å²) in [7, 11) is 0. The highest BCUT2D eigenvalue weighted by molar-refractivity contribution is 5.94. The molecular weight excluding hydrogens is 460 g/mol. The van der Waals surface area contributed by atoms with Crippen molar-refractivity contribution in [3.8, 4) is 22.3 Å². The van der Waals surface area contributed by atoms with Crippen LogP contribution in [0.1, 0.15) is 27.9 Å². The number of carbonyl (C=O) groups is 2. The highest BCUT2D eigenvalue weighted by Gasteiger charge is 2.10. The van der Waals surface area contributed by atoms with E-state index in [0.717, 1.165) is 33.4 Å². The third-order valence-corrected chi connectivity index (χ3v) is 5.96. The first-order chi connectivity index (χ1) is 17.4. The predicted octanol–water partition coefficient (Wildman–Crippen LogP) is 6.29. The zero-order chi connectivity index (χ0) is 25.5. The molecule has 4 nitrogen and oxygen atoms in total. The summed E-state index contributed by atoms with van der Waals surface area (Å²) in [6, 6.07) is 26.0. The topological polar surface area (TPSA) is 66.4 Å². The molecule has 0 heterocycles. The zero-order valence-corrected chi connectivity index (χ0v) is 19.5. The van der Waals surface area contributed by atoms with E-state index in [9.17, 15) is 18.4 Å². The van der Waals surface area contributed by atoms with Gasteiger partial charge in [-0.2, -0.15) is 0 Å². The molecule has 0 saturated carbocycles. The Kier molecular flexibility index (Phi) is 7.85. The molecule has 0 bridgehead atoms. The fourth-order valence-electron chi connectivity index (χ4n) is 4.02. The number of carboxylic acids is 1. The largest absolute Gasteiger partial charge is 0.481 e. The van der Waals surface area contributed by atoms with E-state index in [0.29, 0.717) is 18.4 Å². The van der Waals surface area contributed by atoms with Gasteiger partial charge in [0, 0.05) is 12.1 Å². The molecule has 6 heteroatoms. The molecule has 4 aromatic carbocycles. The number of carbonyl (C=O) groups excluding carboxylic acids is 1. The first kappa shape index (κ1) is 24.8. The van der Waals surface area contributed by atoms with E-state index in [-0.39, 0.29) is 30.5 Å². The Morgan fingerprint density at radius 2 is 1.28 bits per heavy atom. The molecule has 4 aromatic rings. The van der Waals surface area contributed by atoms with Crippen LogP contribution in [0.4, 0.5) is 8.78 Å². The van der Waals surface area contributed by atoms with E-state index in [2.05, 4.69) is 11.4 Å². The molecule has 0 aromatic heterocycles. The van der Waals surface area contributed by atoms with Gasteiger partial charge < -0.3 is 10.4 Å². The number of amides is 1. The summed E-state index contributed by atoms with van der Waals surface area (Å²) in [6.45, 7) is 0.0759. The summed E-state index contributed by atoms with van der Waals surface area (Å²) >= 11 is 0. The molecule has 4 rings (SSSR count). The standard InChI is InChI=1S/C30H25F2NO3/c31-26-12-7-21(8-13-26)24-11-16-28(22-9-14-27(32)15-10-22)25(19-24)6-3-20-1-4-23(5-2-20)30(36)33-18-17-29(34)35/h1-2,4-5,7-16,19H,3,6,17-18H2,(H,33,36)(H,34,35). The molecule has 0 aliphatic rings. The number of hydrogen-bond acceptors (Lipinski definition) is 2. The summed E-state index contributed by atoms with van der Waals surface area (Å²) in [5.74, 6) is -1.86. The summed E-state index contributed by atoms with van der Waals surface area (Å²) in [5, 5.41) is 11.3. The summed E-state index contributed by atoms with van der Waals surface area (Å²) < 4.78 is 26.9. The number of aryl methyl sites for hydroxylation is 2. The van der Waals surface area contributed by atoms with Crippen molar-refractivity contribution in [1.29, 1.82) is 0 Å². The van der Waals surface area contributed by atoms with E-state index in [4.69, 9.17) is 5.11 Å². The second-order valence-corrected chi connectivity index (χ2v) is 8.48. The van der Waals surface area contributed by atoms with Gasteiger partial charge in [0.05, 0.1) is 6.42 Å². The predicted molar refractivity (Wildman–Crippen MR) is 136 cm³/mol. The van der Waals surface area contributed by atoms with Crippen LogP contribution in [0.2, 0.25) is 0 Å². The molecule has 0 radical (unpaired) electrons. The van der Waals surface area contributed by atoms with Crippen molar-refractivity contribution in [3.63, 3.8) is 0 Å². The monoisotopic (exact) mass is 485 g/mol. The molecule has 1 amide bonds. The molecule has 2 N–H and O–H groups in total. The van der Waals surface area contributed by atoms with Crippen molar-refractivity contribution in [1.82, 2.24) is 5.32 Å². The quantitative estimate of drug-likeness (QED) is 0.293. The van der Waals surface area contributed by atoms with E-state index in [1.54, 1.807) is 36.4 Å². The smallest absolute Gasteiger partial charge is 0.305 e. The van der Waals surface area contributed by atoms with E-state index >= 15 is 0 Å². The second-order valence-electron chi connectivity index (χ2n) is 8.48. The van der Waals surface area contributed by atoms with Gasteiger partial charge in [-0.1, -0.05) is 54.6 Å². The maximum absolute atomic E-state index is 13.5. The molecule has 182 valence electrons. The van der Waals surface area contributed by atoms with E-state index in [1.165, 1.54) is 24.3 Å². The Morgan fingerprint density at radius 1 is 0.694 bits per heavy atom. The molecule has 0 unspecified atom stereocenters. The minimum atomic E-state index is -0.964. The average molecular weight is 486 g/mol. The van der Waals surface area contributed by atoms with Crippen molar-refractivity contribution >= 4 is 11.9 Å². The van der Waals surface area contributed by atoms with Crippen LogP contribution in [0.15, 0.2) is 91.0 Å². The van der Waals surface area contributed by atoms with Gasteiger partial charge in [-0.05, 0) is 82.6 Å². The first-order valence-corrected chi connectivity index (χ1v) is 11.6. The van der Waals surface area contributed by atoms with Crippen LogP contribution in [0.3, 0.4) is 0 Å². The summed E-state index contributed by atoms with van der Waals surface area (Å²) in [5.41, 5.74) is 6.34. The molecule has 0 aliphatic heterocycles. The van der Waals surface area contributed by atoms with Gasteiger partial charge >= 0.3 is 5.97 Å². The summed E-state index contributed by atoms with van der Waals surface area (Å²) in [4.78, 5) is 22.8. The van der Waals surface area contributed by atoms with Crippen LogP contribution >= 0.6 is 0 Å². The maximum atomic E-state index is 13.5. The number of benzene rings is 4. The number of carboxylic acid groups (broad SMARTS) is 1. The fraction of sp³-hybridized carbons (Fsp3) is 0.133. The molecule has 0 aliphatic carbocycles. The van der Waals surface area contributed by atoms with Crippen molar-refractivity contribution in [3.05, 3.63) is 119 Å². The molecular formula is C30H25F2NO3. The lowest BCUT2D eigenvalue weighted by atomic mass is 9.91. The Bertz CT molecular complexity index is 1350. The van der Waals surface area contributed by atoms with Crippen molar-refractivity contribution in [2.45, 2.75) is 19.3 Å². The first-order valence-electron chi connectivity index (χ1n) is 11.6. The lowest BCUT2D eigenvalue weighted by Gasteiger charge is -2.13. The minimum absolute atomic E-state index is 0.0759. The molecule has 0 spiro atoms. The third kappa shape index (κ3) is 6.42. The molecule has 36 heavy (non-hydrogen) atoms. The van der Waals surface area contributed by atoms with Gasteiger partial charge in [-0.3, -0.25) is 9.59 Å². The van der Waals surface area contributed by atoms with Crippen LogP contribution in [0.5, 0.6) is 0 Å². The molecule has 0 fully saturated rings. The normalized spacial score (nSPS) is 10.7. The number of hydrogen-bond donors (Lipinski definition) is 2. The highest BCUT2D eigenvalue weighted by atomic mass is 19.1. The van der Waals surface area contributed by atoms with Crippen LogP contribution in [-0.4, -0.2) is 23.5 Å². The van der Waals surface area contributed by atoms with Gasteiger partial charge in [-0.25, -0.2) is 8.78 Å². The van der Waals surface area contributed by atoms with Gasteiger partial charge in [0.15, 0.2) is 0 Å². The van der Waals surface area contributed by atoms with Crippen LogP contribution in [0.25, 0.3) is 22.3 Å². The highest BCUT2D eigenvalue weighted by Crippen LogP contribution is 2.30. The van der Waals surface area contributed by atoms with Gasteiger partial charge in [-0.15, -0.1) is 0 Å². The van der Waals surface area contributed by atoms with Crippen molar-refractivity contribution in [2.24, 2.45) is 0 Å². The third-order valence-electron chi connectivity index (χ3n) is 5.96. The van der Waals surface area contributed by atoms with E-state index in [1.807, 2.05) is 24.3 Å². The average Bonchev–Trinajstić information content (AvgIpc) is 2.88. The lowest BCUT2D eigenvalue weighted by Crippen LogP contribution is -2.25. The van der Waals surface area contributed by atoms with Gasteiger partial charge in [0.2, 0.25) is 0 Å². The SMILES string of the molecule is O=C(O)CCNC(=O)c1ccc(CCc2cc(-c3ccc(F)cc3)ccc2-c2ccc(F)cc2)cc1. The van der Waals surface area contributed by atoms with Crippen LogP contribution in [-0.2, 0) is 17.6 Å². The molecule has 0 atom stereocenters. The fourth-order valence-corrected chi connectivity index (χ4v) is 4.02. The van der Waals surface area contributed by atoms with Crippen molar-refractivity contribution < 1.29 is 23.5 Å². The minimum Gasteiger partial charge on any atom is -0.481 e. The summed E-state index contributed by atoms with van der Waals surface area (Å²) in [6.07, 6.45) is 1.28. The van der Waals surface area contributed by atoms with Crippen molar-refractivity contribution in [2.75, 3.05) is 6.54 Å². The van der Waals surface area contributed by atoms with Crippen LogP contribution in [0, 0.1) is 11.6 Å². The Balaban J connectivity index is 1.53. The zero-order valence-electron chi connectivity index (χ0n) is 19.5. The lowest BCUT2D eigenvalue weighted by molar-refractivity contribution is -0.136.